The van der Waals surface area contributed by atoms with Crippen molar-refractivity contribution in [3.63, 3.8) is 0 Å². The molecule has 0 saturated carbocycles. The zero-order chi connectivity index (χ0) is 15.8. The summed E-state index contributed by atoms with van der Waals surface area (Å²) in [6.45, 7) is 0. The average molecular weight is 303 g/mol. The van der Waals surface area contributed by atoms with Gasteiger partial charge in [-0.3, -0.25) is 9.78 Å². The molecule has 0 fully saturated rings. The third-order valence-corrected chi connectivity index (χ3v) is 4.57. The van der Waals surface area contributed by atoms with Crippen LogP contribution < -0.4 is 11.3 Å². The Balaban J connectivity index is 1.92. The SMILES string of the molecule is Nc1nc2c(c(=O)[nH]1)[C@H](c1ccccc1)[C@@H](c1ccccc1)C2. The van der Waals surface area contributed by atoms with Crippen LogP contribution in [-0.2, 0) is 6.42 Å². The Kier molecular flexibility index (Phi) is 3.23. The standard InChI is InChI=1S/C19H17N3O/c20-19-21-15-11-14(12-7-3-1-4-8-12)16(17(15)18(23)22-19)13-9-5-2-6-10-13/h1-10,14,16H,11H2,(H3,20,21,22,23)/t14-,16-/m1/s1. The third-order valence-electron chi connectivity index (χ3n) is 4.57. The van der Waals surface area contributed by atoms with Crippen molar-refractivity contribution < 1.29 is 0 Å². The van der Waals surface area contributed by atoms with Gasteiger partial charge in [0.2, 0.25) is 5.95 Å². The van der Waals surface area contributed by atoms with E-state index in [4.69, 9.17) is 5.73 Å². The molecular weight excluding hydrogens is 286 g/mol. The molecule has 23 heavy (non-hydrogen) atoms. The van der Waals surface area contributed by atoms with E-state index in [2.05, 4.69) is 34.2 Å². The maximum absolute atomic E-state index is 12.5. The highest BCUT2D eigenvalue weighted by Crippen LogP contribution is 2.45. The summed E-state index contributed by atoms with van der Waals surface area (Å²) in [6, 6.07) is 20.5. The van der Waals surface area contributed by atoms with Gasteiger partial charge in [-0.2, -0.15) is 0 Å². The average Bonchev–Trinajstić information content (AvgIpc) is 2.96. The van der Waals surface area contributed by atoms with Crippen molar-refractivity contribution in [2.45, 2.75) is 18.3 Å². The van der Waals surface area contributed by atoms with E-state index in [1.54, 1.807) is 0 Å². The Hall–Kier alpha value is -2.88. The second kappa shape index (κ2) is 5.39. The normalized spacial score (nSPS) is 19.5. The fourth-order valence-corrected chi connectivity index (χ4v) is 3.62. The Bertz CT molecular complexity index is 887. The van der Waals surface area contributed by atoms with Gasteiger partial charge >= 0.3 is 0 Å². The highest BCUT2D eigenvalue weighted by atomic mass is 16.1. The summed E-state index contributed by atoms with van der Waals surface area (Å²) in [5.41, 5.74) is 9.53. The van der Waals surface area contributed by atoms with E-state index >= 15 is 0 Å². The van der Waals surface area contributed by atoms with Gasteiger partial charge in [0.05, 0.1) is 5.69 Å². The molecule has 3 aromatic rings. The van der Waals surface area contributed by atoms with Crippen molar-refractivity contribution in [2.75, 3.05) is 5.73 Å². The molecule has 0 bridgehead atoms. The molecule has 0 saturated heterocycles. The maximum atomic E-state index is 12.5. The van der Waals surface area contributed by atoms with Gasteiger partial charge in [-0.25, -0.2) is 4.98 Å². The number of aromatic amines is 1. The van der Waals surface area contributed by atoms with Crippen molar-refractivity contribution >= 4 is 5.95 Å². The van der Waals surface area contributed by atoms with Gasteiger partial charge < -0.3 is 5.73 Å². The lowest BCUT2D eigenvalue weighted by Crippen LogP contribution is -2.20. The number of benzene rings is 2. The predicted molar refractivity (Wildman–Crippen MR) is 90.4 cm³/mol. The highest BCUT2D eigenvalue weighted by Gasteiger charge is 2.37. The molecule has 2 aromatic carbocycles. The van der Waals surface area contributed by atoms with Gasteiger partial charge in [0.25, 0.3) is 5.56 Å². The summed E-state index contributed by atoms with van der Waals surface area (Å²) in [4.78, 5) is 19.6. The first-order valence-corrected chi connectivity index (χ1v) is 7.72. The Morgan fingerprint density at radius 3 is 2.22 bits per heavy atom. The van der Waals surface area contributed by atoms with E-state index in [1.807, 2.05) is 36.4 Å². The molecule has 1 heterocycles. The molecular formula is C19H17N3O. The monoisotopic (exact) mass is 303 g/mol. The third kappa shape index (κ3) is 2.32. The van der Waals surface area contributed by atoms with Crippen LogP contribution in [0.2, 0.25) is 0 Å². The zero-order valence-electron chi connectivity index (χ0n) is 12.6. The van der Waals surface area contributed by atoms with Crippen LogP contribution in [0, 0.1) is 0 Å². The number of nitrogens with two attached hydrogens (primary N) is 1. The van der Waals surface area contributed by atoms with Crippen molar-refractivity contribution in [3.05, 3.63) is 93.4 Å². The first-order chi connectivity index (χ1) is 11.2. The highest BCUT2D eigenvalue weighted by molar-refractivity contribution is 5.46. The number of hydrogen-bond acceptors (Lipinski definition) is 3. The van der Waals surface area contributed by atoms with Crippen LogP contribution in [0.1, 0.15) is 34.2 Å². The molecule has 4 rings (SSSR count). The molecule has 4 heteroatoms. The lowest BCUT2D eigenvalue weighted by molar-refractivity contribution is 0.652. The zero-order valence-corrected chi connectivity index (χ0v) is 12.6. The fraction of sp³-hybridized carbons (Fsp3) is 0.158. The Morgan fingerprint density at radius 1 is 0.957 bits per heavy atom. The molecule has 2 atom stereocenters. The first-order valence-electron chi connectivity index (χ1n) is 7.72. The fourth-order valence-electron chi connectivity index (χ4n) is 3.62. The topological polar surface area (TPSA) is 71.8 Å². The predicted octanol–water partition coefficient (Wildman–Crippen LogP) is 2.82. The number of nitrogen functional groups attached to an aromatic ring is 1. The van der Waals surface area contributed by atoms with Crippen LogP contribution in [-0.4, -0.2) is 9.97 Å². The summed E-state index contributed by atoms with van der Waals surface area (Å²) >= 11 is 0. The second-order valence-corrected chi connectivity index (χ2v) is 5.92. The number of hydrogen-bond donors (Lipinski definition) is 2. The molecule has 0 radical (unpaired) electrons. The number of fused-ring (bicyclic) bond motifs is 1. The summed E-state index contributed by atoms with van der Waals surface area (Å²) in [5.74, 6) is 0.392. The van der Waals surface area contributed by atoms with E-state index in [1.165, 1.54) is 5.56 Å². The van der Waals surface area contributed by atoms with Crippen molar-refractivity contribution in [1.29, 1.82) is 0 Å². The van der Waals surface area contributed by atoms with Crippen LogP contribution in [0.15, 0.2) is 65.5 Å². The quantitative estimate of drug-likeness (QED) is 0.764. The molecule has 114 valence electrons. The van der Waals surface area contributed by atoms with Crippen LogP contribution in [0.4, 0.5) is 5.95 Å². The summed E-state index contributed by atoms with van der Waals surface area (Å²) in [6.07, 6.45) is 0.729. The van der Waals surface area contributed by atoms with Gasteiger partial charge in [0.1, 0.15) is 0 Å². The minimum absolute atomic E-state index is 0.00505. The molecule has 0 amide bonds. The van der Waals surface area contributed by atoms with E-state index < -0.39 is 0 Å². The van der Waals surface area contributed by atoms with E-state index in [0.717, 1.165) is 23.2 Å². The van der Waals surface area contributed by atoms with Gasteiger partial charge in [0.15, 0.2) is 0 Å². The molecule has 0 aliphatic heterocycles. The van der Waals surface area contributed by atoms with E-state index in [9.17, 15) is 4.79 Å². The lowest BCUT2D eigenvalue weighted by Gasteiger charge is -2.20. The molecule has 4 nitrogen and oxygen atoms in total. The molecule has 3 N–H and O–H groups in total. The minimum Gasteiger partial charge on any atom is -0.369 e. The van der Waals surface area contributed by atoms with Crippen molar-refractivity contribution in [3.8, 4) is 0 Å². The van der Waals surface area contributed by atoms with Crippen LogP contribution >= 0.6 is 0 Å². The molecule has 1 aliphatic rings. The molecule has 1 aliphatic carbocycles. The van der Waals surface area contributed by atoms with Gasteiger partial charge in [-0.15, -0.1) is 0 Å². The lowest BCUT2D eigenvalue weighted by atomic mass is 9.82. The Morgan fingerprint density at radius 2 is 1.57 bits per heavy atom. The van der Waals surface area contributed by atoms with E-state index in [-0.39, 0.29) is 23.3 Å². The van der Waals surface area contributed by atoms with Crippen LogP contribution in [0.3, 0.4) is 0 Å². The summed E-state index contributed by atoms with van der Waals surface area (Å²) in [7, 11) is 0. The number of rotatable bonds is 2. The summed E-state index contributed by atoms with van der Waals surface area (Å²) < 4.78 is 0. The summed E-state index contributed by atoms with van der Waals surface area (Å²) in [5, 5.41) is 0. The van der Waals surface area contributed by atoms with Crippen molar-refractivity contribution in [1.82, 2.24) is 9.97 Å². The molecule has 0 unspecified atom stereocenters. The second-order valence-electron chi connectivity index (χ2n) is 5.92. The number of H-pyrrole nitrogens is 1. The number of nitrogens with one attached hydrogen (secondary N) is 1. The minimum atomic E-state index is -0.125. The number of anilines is 1. The van der Waals surface area contributed by atoms with Gasteiger partial charge in [-0.1, -0.05) is 60.7 Å². The van der Waals surface area contributed by atoms with Crippen LogP contribution in [0.5, 0.6) is 0 Å². The van der Waals surface area contributed by atoms with Crippen molar-refractivity contribution in [2.24, 2.45) is 0 Å². The number of aromatic nitrogens is 2. The smallest absolute Gasteiger partial charge is 0.256 e. The first kappa shape index (κ1) is 13.8. The Labute approximate surface area is 134 Å². The van der Waals surface area contributed by atoms with Crippen LogP contribution in [0.25, 0.3) is 0 Å². The van der Waals surface area contributed by atoms with Gasteiger partial charge in [0, 0.05) is 17.4 Å². The maximum Gasteiger partial charge on any atom is 0.256 e. The van der Waals surface area contributed by atoms with E-state index in [0.29, 0.717) is 0 Å². The molecule has 1 aromatic heterocycles. The number of nitrogens with zero attached hydrogens (tertiary/aromatic N) is 1. The van der Waals surface area contributed by atoms with Gasteiger partial charge in [-0.05, 0) is 17.5 Å². The molecule has 0 spiro atoms. The largest absolute Gasteiger partial charge is 0.369 e.